The van der Waals surface area contributed by atoms with Gasteiger partial charge >= 0.3 is 0 Å². The van der Waals surface area contributed by atoms with Gasteiger partial charge in [0.05, 0.1) is 28.5 Å². The minimum atomic E-state index is 0.636. The van der Waals surface area contributed by atoms with E-state index in [1.165, 1.54) is 27.1 Å². The summed E-state index contributed by atoms with van der Waals surface area (Å²) in [5.74, 6) is 0.683. The van der Waals surface area contributed by atoms with Crippen molar-refractivity contribution in [2.75, 3.05) is 0 Å². The second-order valence-electron chi connectivity index (χ2n) is 13.8. The Kier molecular flexibility index (Phi) is 7.83. The van der Waals surface area contributed by atoms with Gasteiger partial charge in [-0.25, -0.2) is 9.97 Å². The lowest BCUT2D eigenvalue weighted by molar-refractivity contribution is 1.13. The molecule has 0 unspecified atom stereocenters. The molecule has 4 heteroatoms. The molecule has 0 saturated carbocycles. The van der Waals surface area contributed by atoms with Crippen LogP contribution in [0.5, 0.6) is 0 Å². The number of nitriles is 1. The van der Waals surface area contributed by atoms with Crippen molar-refractivity contribution < 1.29 is 0 Å². The number of nitrogens with zero attached hydrogens (tertiary/aromatic N) is 4. The zero-order chi connectivity index (χ0) is 36.7. The van der Waals surface area contributed by atoms with Crippen molar-refractivity contribution in [1.82, 2.24) is 14.5 Å². The zero-order valence-corrected chi connectivity index (χ0v) is 29.8. The number of hydrogen-bond acceptors (Lipinski definition) is 3. The van der Waals surface area contributed by atoms with E-state index in [4.69, 9.17) is 9.97 Å². The quantitative estimate of drug-likeness (QED) is 0.162. The average Bonchev–Trinajstić information content (AvgIpc) is 3.69. The fourth-order valence-corrected chi connectivity index (χ4v) is 7.75. The molecule has 0 spiro atoms. The molecule has 10 aromatic rings. The summed E-state index contributed by atoms with van der Waals surface area (Å²) >= 11 is 0. The Balaban J connectivity index is 1.22. The lowest BCUT2D eigenvalue weighted by Crippen LogP contribution is -1.97. The van der Waals surface area contributed by atoms with Gasteiger partial charge in [-0.15, -0.1) is 0 Å². The van der Waals surface area contributed by atoms with Crippen LogP contribution in [0.25, 0.3) is 94.3 Å². The Morgan fingerprint density at radius 1 is 0.418 bits per heavy atom. The molecule has 0 radical (unpaired) electrons. The minimum Gasteiger partial charge on any atom is -0.317 e. The highest BCUT2D eigenvalue weighted by Crippen LogP contribution is 2.41. The smallest absolute Gasteiger partial charge is 0.160 e. The molecule has 0 N–H and O–H groups in total. The summed E-state index contributed by atoms with van der Waals surface area (Å²) in [6, 6.07) is 67.9. The second kappa shape index (κ2) is 13.4. The average molecular weight is 701 g/mol. The third-order valence-electron chi connectivity index (χ3n) is 10.4. The summed E-state index contributed by atoms with van der Waals surface area (Å²) in [7, 11) is 0. The van der Waals surface area contributed by atoms with E-state index in [0.717, 1.165) is 61.4 Å². The van der Waals surface area contributed by atoms with Crippen LogP contribution in [-0.2, 0) is 0 Å². The molecule has 256 valence electrons. The van der Waals surface area contributed by atoms with Crippen LogP contribution in [0.15, 0.2) is 194 Å². The van der Waals surface area contributed by atoms with Gasteiger partial charge in [-0.2, -0.15) is 5.26 Å². The molecule has 0 aliphatic carbocycles. The first-order chi connectivity index (χ1) is 27.2. The van der Waals surface area contributed by atoms with Crippen LogP contribution < -0.4 is 0 Å². The van der Waals surface area contributed by atoms with Gasteiger partial charge < -0.3 is 4.57 Å². The normalized spacial score (nSPS) is 11.3. The summed E-state index contributed by atoms with van der Waals surface area (Å²) in [6.07, 6.45) is 2.08. The maximum Gasteiger partial charge on any atom is 0.160 e. The molecule has 0 saturated heterocycles. The van der Waals surface area contributed by atoms with Gasteiger partial charge in [0.25, 0.3) is 0 Å². The van der Waals surface area contributed by atoms with Crippen LogP contribution in [0.4, 0.5) is 0 Å². The molecule has 0 amide bonds. The molecule has 0 aliphatic rings. The Morgan fingerprint density at radius 2 is 1.05 bits per heavy atom. The predicted molar refractivity (Wildman–Crippen MR) is 226 cm³/mol. The number of benzene rings is 8. The number of hydrogen-bond donors (Lipinski definition) is 0. The van der Waals surface area contributed by atoms with E-state index in [2.05, 4.69) is 144 Å². The molecule has 0 aliphatic heterocycles. The van der Waals surface area contributed by atoms with Crippen LogP contribution in [0.1, 0.15) is 5.56 Å². The molecule has 0 atom stereocenters. The Bertz CT molecular complexity index is 2990. The highest BCUT2D eigenvalue weighted by molar-refractivity contribution is 6.13. The van der Waals surface area contributed by atoms with Gasteiger partial charge in [-0.3, -0.25) is 0 Å². The Morgan fingerprint density at radius 3 is 1.78 bits per heavy atom. The van der Waals surface area contributed by atoms with E-state index in [-0.39, 0.29) is 0 Å². The van der Waals surface area contributed by atoms with Crippen LogP contribution in [0.2, 0.25) is 0 Å². The molecule has 0 fully saturated rings. The Hall–Kier alpha value is -7.61. The van der Waals surface area contributed by atoms with E-state index in [1.54, 1.807) is 0 Å². The standard InChI is InChI=1S/C51H32N4/c52-33-34-12-11-19-44(26-34)55-25-24-40-27-37(22-23-49(40)55)41-29-42(31-43(30-41)50-45-20-9-7-17-38(45)28-39-18-8-10-21-46(39)50)48-32-47(35-13-3-1-4-14-35)53-51(54-48)36-15-5-2-6-16-36/h1-32H. The first kappa shape index (κ1) is 32.1. The molecule has 55 heavy (non-hydrogen) atoms. The third kappa shape index (κ3) is 5.91. The molecule has 2 aromatic heterocycles. The van der Waals surface area contributed by atoms with Gasteiger partial charge in [0, 0.05) is 34.0 Å². The number of rotatable bonds is 6. The fourth-order valence-electron chi connectivity index (χ4n) is 7.75. The van der Waals surface area contributed by atoms with E-state index < -0.39 is 0 Å². The van der Waals surface area contributed by atoms with E-state index in [0.29, 0.717) is 11.4 Å². The lowest BCUT2D eigenvalue weighted by Gasteiger charge is -2.16. The maximum absolute atomic E-state index is 9.54. The zero-order valence-electron chi connectivity index (χ0n) is 29.8. The highest BCUT2D eigenvalue weighted by Gasteiger charge is 2.17. The van der Waals surface area contributed by atoms with Crippen molar-refractivity contribution in [3.63, 3.8) is 0 Å². The first-order valence-corrected chi connectivity index (χ1v) is 18.4. The van der Waals surface area contributed by atoms with Gasteiger partial charge in [0.1, 0.15) is 0 Å². The van der Waals surface area contributed by atoms with Crippen LogP contribution >= 0.6 is 0 Å². The first-order valence-electron chi connectivity index (χ1n) is 18.4. The summed E-state index contributed by atoms with van der Waals surface area (Å²) in [5, 5.41) is 15.5. The molecular formula is C51H32N4. The largest absolute Gasteiger partial charge is 0.317 e. The van der Waals surface area contributed by atoms with Crippen molar-refractivity contribution in [3.05, 3.63) is 200 Å². The minimum absolute atomic E-state index is 0.636. The maximum atomic E-state index is 9.54. The third-order valence-corrected chi connectivity index (χ3v) is 10.4. The van der Waals surface area contributed by atoms with E-state index >= 15 is 0 Å². The molecule has 10 rings (SSSR count). The Labute approximate surface area is 318 Å². The SMILES string of the molecule is N#Cc1cccc(-n2ccc3cc(-c4cc(-c5cc(-c6ccccc6)nc(-c6ccccc6)n5)cc(-c5c6ccccc6cc6ccccc56)c4)ccc32)c1. The van der Waals surface area contributed by atoms with Gasteiger partial charge in [-0.05, 0) is 111 Å². The van der Waals surface area contributed by atoms with Crippen LogP contribution in [0.3, 0.4) is 0 Å². The summed E-state index contributed by atoms with van der Waals surface area (Å²) in [5.41, 5.74) is 11.9. The second-order valence-corrected chi connectivity index (χ2v) is 13.8. The van der Waals surface area contributed by atoms with Crippen molar-refractivity contribution >= 4 is 32.4 Å². The predicted octanol–water partition coefficient (Wildman–Crippen LogP) is 12.9. The monoisotopic (exact) mass is 700 g/mol. The molecule has 0 bridgehead atoms. The fraction of sp³-hybridized carbons (Fsp3) is 0. The summed E-state index contributed by atoms with van der Waals surface area (Å²) < 4.78 is 2.14. The lowest BCUT2D eigenvalue weighted by atomic mass is 9.88. The highest BCUT2D eigenvalue weighted by atomic mass is 15.0. The van der Waals surface area contributed by atoms with Gasteiger partial charge in [-0.1, -0.05) is 121 Å². The van der Waals surface area contributed by atoms with Crippen molar-refractivity contribution in [2.45, 2.75) is 0 Å². The van der Waals surface area contributed by atoms with Crippen molar-refractivity contribution in [2.24, 2.45) is 0 Å². The van der Waals surface area contributed by atoms with Gasteiger partial charge in [0.15, 0.2) is 5.82 Å². The number of fused-ring (bicyclic) bond motifs is 3. The molecule has 2 heterocycles. The van der Waals surface area contributed by atoms with Crippen molar-refractivity contribution in [1.29, 1.82) is 5.26 Å². The van der Waals surface area contributed by atoms with E-state index in [9.17, 15) is 5.26 Å². The van der Waals surface area contributed by atoms with E-state index in [1.807, 2.05) is 60.7 Å². The molecule has 8 aromatic carbocycles. The molecule has 4 nitrogen and oxygen atoms in total. The van der Waals surface area contributed by atoms with Gasteiger partial charge in [0.2, 0.25) is 0 Å². The van der Waals surface area contributed by atoms with Crippen LogP contribution in [-0.4, -0.2) is 14.5 Å². The summed E-state index contributed by atoms with van der Waals surface area (Å²) in [4.78, 5) is 10.3. The molecular weight excluding hydrogens is 669 g/mol. The van der Waals surface area contributed by atoms with Crippen molar-refractivity contribution in [3.8, 4) is 67.9 Å². The summed E-state index contributed by atoms with van der Waals surface area (Å²) in [6.45, 7) is 0. The topological polar surface area (TPSA) is 54.5 Å². The van der Waals surface area contributed by atoms with Crippen LogP contribution in [0, 0.1) is 11.3 Å². The number of aromatic nitrogens is 3.